The lowest BCUT2D eigenvalue weighted by Gasteiger charge is -2.31. The van der Waals surface area contributed by atoms with Crippen molar-refractivity contribution in [3.8, 4) is 11.4 Å². The van der Waals surface area contributed by atoms with E-state index in [-0.39, 0.29) is 18.9 Å². The summed E-state index contributed by atoms with van der Waals surface area (Å²) in [4.78, 5) is 8.48. The molecule has 0 amide bonds. The van der Waals surface area contributed by atoms with E-state index < -0.39 is 12.1 Å². The van der Waals surface area contributed by atoms with Gasteiger partial charge in [0.2, 0.25) is 11.7 Å². The van der Waals surface area contributed by atoms with Crippen molar-refractivity contribution in [2.75, 3.05) is 13.6 Å². The number of aromatic nitrogens is 2. The lowest BCUT2D eigenvalue weighted by molar-refractivity contribution is -0.182. The Morgan fingerprint density at radius 1 is 1.28 bits per heavy atom. The SMILES string of the molecule is CN=C(NCCc1nc(-c2cccc(Cl)c2)no1)NC1CCC(C(F)(F)F)CC1. The van der Waals surface area contributed by atoms with E-state index in [1.54, 1.807) is 19.2 Å². The molecule has 1 aromatic carbocycles. The maximum atomic E-state index is 12.8. The molecule has 1 saturated carbocycles. The van der Waals surface area contributed by atoms with Crippen molar-refractivity contribution >= 4 is 17.6 Å². The summed E-state index contributed by atoms with van der Waals surface area (Å²) in [5.74, 6) is 0.289. The second-order valence-corrected chi connectivity index (χ2v) is 7.44. The van der Waals surface area contributed by atoms with Crippen LogP contribution in [-0.4, -0.2) is 41.9 Å². The van der Waals surface area contributed by atoms with E-state index in [2.05, 4.69) is 25.8 Å². The molecule has 1 aromatic heterocycles. The number of benzene rings is 1. The van der Waals surface area contributed by atoms with Crippen LogP contribution in [0.1, 0.15) is 31.6 Å². The second kappa shape index (κ2) is 9.47. The van der Waals surface area contributed by atoms with Gasteiger partial charge in [0, 0.05) is 36.6 Å². The molecule has 2 aromatic rings. The summed E-state index contributed by atoms with van der Waals surface area (Å²) in [7, 11) is 1.63. The Kier molecular flexibility index (Phi) is 7.00. The van der Waals surface area contributed by atoms with Gasteiger partial charge in [-0.1, -0.05) is 28.9 Å². The minimum atomic E-state index is -4.10. The molecule has 0 aliphatic heterocycles. The molecule has 2 N–H and O–H groups in total. The molecule has 0 radical (unpaired) electrons. The van der Waals surface area contributed by atoms with Crippen LogP contribution in [0.5, 0.6) is 0 Å². The summed E-state index contributed by atoms with van der Waals surface area (Å²) in [6, 6.07) is 7.17. The Bertz CT molecular complexity index is 831. The van der Waals surface area contributed by atoms with E-state index in [0.717, 1.165) is 5.56 Å². The lowest BCUT2D eigenvalue weighted by atomic mass is 9.85. The molecule has 3 rings (SSSR count). The Hall–Kier alpha value is -2.29. The fourth-order valence-corrected chi connectivity index (χ4v) is 3.53. The number of hydrogen-bond donors (Lipinski definition) is 2. The average molecular weight is 430 g/mol. The molecule has 1 fully saturated rings. The number of nitrogens with zero attached hydrogens (tertiary/aromatic N) is 3. The molecule has 1 aliphatic rings. The maximum absolute atomic E-state index is 12.8. The van der Waals surface area contributed by atoms with Gasteiger partial charge in [0.05, 0.1) is 5.92 Å². The molecule has 0 atom stereocenters. The normalized spacial score (nSPS) is 20.5. The van der Waals surface area contributed by atoms with Crippen molar-refractivity contribution in [1.82, 2.24) is 20.8 Å². The first kappa shape index (κ1) is 21.4. The van der Waals surface area contributed by atoms with Gasteiger partial charge in [0.15, 0.2) is 5.96 Å². The molecule has 0 unspecified atom stereocenters. The highest BCUT2D eigenvalue weighted by molar-refractivity contribution is 6.30. The lowest BCUT2D eigenvalue weighted by Crippen LogP contribution is -2.46. The smallest absolute Gasteiger partial charge is 0.356 e. The molecule has 0 spiro atoms. The van der Waals surface area contributed by atoms with E-state index in [1.807, 2.05) is 12.1 Å². The van der Waals surface area contributed by atoms with Crippen LogP contribution < -0.4 is 10.6 Å². The predicted octanol–water partition coefficient (Wildman–Crippen LogP) is 4.22. The number of guanidine groups is 1. The fourth-order valence-electron chi connectivity index (χ4n) is 3.34. The van der Waals surface area contributed by atoms with Crippen molar-refractivity contribution in [3.63, 3.8) is 0 Å². The average Bonchev–Trinajstić information content (AvgIpc) is 3.16. The van der Waals surface area contributed by atoms with Crippen LogP contribution in [0, 0.1) is 5.92 Å². The Balaban J connectivity index is 1.44. The predicted molar refractivity (Wildman–Crippen MR) is 105 cm³/mol. The first-order valence-corrected chi connectivity index (χ1v) is 9.85. The van der Waals surface area contributed by atoms with Gasteiger partial charge in [-0.2, -0.15) is 18.2 Å². The monoisotopic (exact) mass is 429 g/mol. The number of rotatable bonds is 5. The molecule has 1 aliphatic carbocycles. The molecule has 1 heterocycles. The third-order valence-electron chi connectivity index (χ3n) is 4.94. The molecule has 10 heteroatoms. The third kappa shape index (κ3) is 6.09. The van der Waals surface area contributed by atoms with Gasteiger partial charge in [-0.25, -0.2) is 0 Å². The quantitative estimate of drug-likeness (QED) is 0.550. The van der Waals surface area contributed by atoms with Crippen molar-refractivity contribution in [2.24, 2.45) is 10.9 Å². The zero-order valence-electron chi connectivity index (χ0n) is 16.0. The van der Waals surface area contributed by atoms with Crippen LogP contribution in [-0.2, 0) is 6.42 Å². The van der Waals surface area contributed by atoms with Crippen LogP contribution in [0.15, 0.2) is 33.8 Å². The highest BCUT2D eigenvalue weighted by Gasteiger charge is 2.41. The first-order valence-electron chi connectivity index (χ1n) is 9.47. The summed E-state index contributed by atoms with van der Waals surface area (Å²) in [6.07, 6.45) is -2.39. The van der Waals surface area contributed by atoms with Gasteiger partial charge in [0.25, 0.3) is 0 Å². The van der Waals surface area contributed by atoms with Crippen LogP contribution >= 0.6 is 11.6 Å². The molecule has 0 bridgehead atoms. The number of aliphatic imine (C=N–C) groups is 1. The van der Waals surface area contributed by atoms with Crippen LogP contribution in [0.2, 0.25) is 5.02 Å². The van der Waals surface area contributed by atoms with Crippen LogP contribution in [0.3, 0.4) is 0 Å². The number of hydrogen-bond acceptors (Lipinski definition) is 4. The highest BCUT2D eigenvalue weighted by atomic mass is 35.5. The van der Waals surface area contributed by atoms with Gasteiger partial charge < -0.3 is 15.2 Å². The Morgan fingerprint density at radius 2 is 2.03 bits per heavy atom. The minimum absolute atomic E-state index is 0.0161. The van der Waals surface area contributed by atoms with Crippen LogP contribution in [0.4, 0.5) is 13.2 Å². The topological polar surface area (TPSA) is 75.3 Å². The first-order chi connectivity index (χ1) is 13.8. The molecule has 158 valence electrons. The number of nitrogens with one attached hydrogen (secondary N) is 2. The molecule has 29 heavy (non-hydrogen) atoms. The van der Waals surface area contributed by atoms with Gasteiger partial charge >= 0.3 is 6.18 Å². The Labute approximate surface area is 171 Å². The molecule has 6 nitrogen and oxygen atoms in total. The minimum Gasteiger partial charge on any atom is -0.356 e. The van der Waals surface area contributed by atoms with E-state index in [4.69, 9.17) is 16.1 Å². The van der Waals surface area contributed by atoms with Gasteiger partial charge in [-0.05, 0) is 37.8 Å². The molecular weight excluding hydrogens is 407 g/mol. The van der Waals surface area contributed by atoms with E-state index in [1.165, 1.54) is 0 Å². The molecular formula is C19H23ClF3N5O. The maximum Gasteiger partial charge on any atom is 0.391 e. The van der Waals surface area contributed by atoms with Crippen LogP contribution in [0.25, 0.3) is 11.4 Å². The molecule has 0 saturated heterocycles. The summed E-state index contributed by atoms with van der Waals surface area (Å²) < 4.78 is 43.6. The second-order valence-electron chi connectivity index (χ2n) is 7.01. The standard InChI is InChI=1S/C19H23ClF3N5O/c1-24-18(26-15-7-5-13(6-8-15)19(21,22)23)25-10-9-16-27-17(28-29-16)12-3-2-4-14(20)11-12/h2-4,11,13,15H,5-10H2,1H3,(H2,24,25,26). The third-order valence-corrected chi connectivity index (χ3v) is 5.17. The summed E-state index contributed by atoms with van der Waals surface area (Å²) in [6.45, 7) is 0.495. The van der Waals surface area contributed by atoms with Crippen molar-refractivity contribution in [1.29, 1.82) is 0 Å². The van der Waals surface area contributed by atoms with Gasteiger partial charge in [0.1, 0.15) is 0 Å². The summed E-state index contributed by atoms with van der Waals surface area (Å²) in [5.41, 5.74) is 0.771. The number of alkyl halides is 3. The Morgan fingerprint density at radius 3 is 2.69 bits per heavy atom. The van der Waals surface area contributed by atoms with E-state index >= 15 is 0 Å². The van der Waals surface area contributed by atoms with E-state index in [9.17, 15) is 13.2 Å². The zero-order valence-corrected chi connectivity index (χ0v) is 16.7. The number of halogens is 4. The van der Waals surface area contributed by atoms with Crippen molar-refractivity contribution < 1.29 is 17.7 Å². The van der Waals surface area contributed by atoms with Gasteiger partial charge in [-0.15, -0.1) is 0 Å². The largest absolute Gasteiger partial charge is 0.391 e. The van der Waals surface area contributed by atoms with Gasteiger partial charge in [-0.3, -0.25) is 4.99 Å². The van der Waals surface area contributed by atoms with Crippen molar-refractivity contribution in [2.45, 2.75) is 44.3 Å². The van der Waals surface area contributed by atoms with E-state index in [0.29, 0.717) is 48.5 Å². The fraction of sp³-hybridized carbons (Fsp3) is 0.526. The summed E-state index contributed by atoms with van der Waals surface area (Å²) >= 11 is 5.97. The zero-order chi connectivity index (χ0) is 20.9. The summed E-state index contributed by atoms with van der Waals surface area (Å²) in [5, 5.41) is 10.9. The van der Waals surface area contributed by atoms with Crippen molar-refractivity contribution in [3.05, 3.63) is 35.2 Å². The highest BCUT2D eigenvalue weighted by Crippen LogP contribution is 2.37.